The zero-order valence-corrected chi connectivity index (χ0v) is 33.6. The Labute approximate surface area is 368 Å². The van der Waals surface area contributed by atoms with Gasteiger partial charge in [0, 0.05) is 48.0 Å². The number of esters is 1. The summed E-state index contributed by atoms with van der Waals surface area (Å²) in [6.07, 6.45) is 7.17. The van der Waals surface area contributed by atoms with Crippen LogP contribution in [0, 0.1) is 0 Å². The van der Waals surface area contributed by atoms with Gasteiger partial charge in [-0.1, -0.05) is 60.7 Å². The Morgan fingerprint density at radius 1 is 0.677 bits per heavy atom. The normalized spacial score (nSPS) is 14.4. The molecule has 8 rings (SSSR count). The maximum atomic E-state index is 12.0. The van der Waals surface area contributed by atoms with E-state index in [1.807, 2.05) is 60.7 Å². The number of rotatable bonds is 15. The molecule has 0 fully saturated rings. The Balaban J connectivity index is 0.000000227. The second-order valence-electron chi connectivity index (χ2n) is 13.2. The summed E-state index contributed by atoms with van der Waals surface area (Å²) in [4.78, 5) is 39.4. The third-order valence-electron chi connectivity index (χ3n) is 9.07. The molecular weight excluding hydrogens is 797 g/mol. The van der Waals surface area contributed by atoms with Crippen LogP contribution in [0.25, 0.3) is 0 Å². The largest absolute Gasteiger partial charge is 1.00 e. The van der Waals surface area contributed by atoms with Gasteiger partial charge in [0.15, 0.2) is 0 Å². The topological polar surface area (TPSA) is 241 Å². The van der Waals surface area contributed by atoms with Crippen molar-refractivity contribution < 1.29 is 82.1 Å². The second kappa shape index (κ2) is 22.5. The number of ether oxygens (including phenoxy) is 5. The first-order valence-corrected chi connectivity index (χ1v) is 18.8. The first-order chi connectivity index (χ1) is 29.2. The molecule has 0 spiro atoms. The van der Waals surface area contributed by atoms with E-state index in [9.17, 15) is 24.7 Å². The molecule has 4 aromatic carbocycles. The fourth-order valence-electron chi connectivity index (χ4n) is 6.51. The van der Waals surface area contributed by atoms with Gasteiger partial charge in [-0.05, 0) is 41.1 Å². The van der Waals surface area contributed by atoms with Crippen molar-refractivity contribution in [2.75, 3.05) is 6.61 Å². The van der Waals surface area contributed by atoms with Crippen molar-refractivity contribution in [3.05, 3.63) is 144 Å². The molecule has 0 amide bonds. The minimum Gasteiger partial charge on any atom is -0.870 e. The van der Waals surface area contributed by atoms with Crippen molar-refractivity contribution in [2.24, 2.45) is 0 Å². The predicted octanol–water partition coefficient (Wildman–Crippen LogP) is 1.47. The molecule has 4 heterocycles. The minimum absolute atomic E-state index is 0. The third-order valence-corrected chi connectivity index (χ3v) is 9.07. The maximum absolute atomic E-state index is 12.0. The van der Waals surface area contributed by atoms with Gasteiger partial charge in [-0.2, -0.15) is 0 Å². The average molecular weight is 836 g/mol. The van der Waals surface area contributed by atoms with Crippen LogP contribution in [0.3, 0.4) is 0 Å². The van der Waals surface area contributed by atoms with Crippen molar-refractivity contribution in [1.29, 1.82) is 0 Å². The van der Waals surface area contributed by atoms with E-state index in [0.717, 1.165) is 11.1 Å². The number of hydrogen-bond acceptors (Lipinski definition) is 16. The Morgan fingerprint density at radius 3 is 1.53 bits per heavy atom. The number of nitrogens with zero attached hydrogens (tertiary/aromatic N) is 4. The number of carboxylic acid groups (broad SMARTS) is 1. The molecule has 312 valence electrons. The summed E-state index contributed by atoms with van der Waals surface area (Å²) in [7, 11) is -2.50. The van der Waals surface area contributed by atoms with E-state index in [0.29, 0.717) is 57.5 Å². The van der Waals surface area contributed by atoms with Crippen LogP contribution in [-0.2, 0) is 36.8 Å². The van der Waals surface area contributed by atoms with Gasteiger partial charge in [0.2, 0.25) is 11.8 Å². The number of fused-ring (bicyclic) bond motifs is 2. The summed E-state index contributed by atoms with van der Waals surface area (Å²) in [6.45, 7) is 2.56. The van der Waals surface area contributed by atoms with E-state index in [1.54, 1.807) is 37.4 Å². The van der Waals surface area contributed by atoms with Gasteiger partial charge < -0.3 is 53.6 Å². The Bertz CT molecular complexity index is 2380. The molecule has 2 aliphatic heterocycles. The number of carbonyl (C=O) groups is 2. The second-order valence-corrected chi connectivity index (χ2v) is 13.2. The quantitative estimate of drug-likeness (QED) is 0.0980. The van der Waals surface area contributed by atoms with Gasteiger partial charge in [0.05, 0.1) is 44.1 Å². The van der Waals surface area contributed by atoms with Crippen molar-refractivity contribution in [2.45, 2.75) is 45.2 Å². The van der Waals surface area contributed by atoms with Gasteiger partial charge in [-0.3, -0.25) is 19.6 Å². The minimum atomic E-state index is -1.28. The van der Waals surface area contributed by atoms with Gasteiger partial charge in [0.1, 0.15) is 36.2 Å². The molecule has 4 N–H and O–H groups in total. The molecule has 62 heavy (non-hydrogen) atoms. The van der Waals surface area contributed by atoms with Crippen LogP contribution in [0.2, 0.25) is 0 Å². The first-order valence-electron chi connectivity index (χ1n) is 18.8. The van der Waals surface area contributed by atoms with Gasteiger partial charge >= 0.3 is 45.0 Å². The maximum Gasteiger partial charge on any atom is 1.00 e. The van der Waals surface area contributed by atoms with Crippen molar-refractivity contribution in [1.82, 2.24) is 19.9 Å². The Kier molecular flexibility index (Phi) is 17.0. The molecule has 0 saturated heterocycles. The smallest absolute Gasteiger partial charge is 0.870 e. The van der Waals surface area contributed by atoms with Crippen molar-refractivity contribution in [3.63, 3.8) is 0 Å². The molecule has 6 aromatic rings. The Morgan fingerprint density at radius 2 is 1.13 bits per heavy atom. The molecule has 0 radical (unpaired) electrons. The van der Waals surface area contributed by atoms with Crippen LogP contribution in [-0.4, -0.2) is 73.3 Å². The third kappa shape index (κ3) is 12.2. The molecule has 2 aliphatic rings. The van der Waals surface area contributed by atoms with Crippen LogP contribution >= 0.6 is 0 Å². The fraction of sp³-hybridized carbons (Fsp3) is 0.190. The van der Waals surface area contributed by atoms with Crippen molar-refractivity contribution >= 4 is 37.1 Å². The summed E-state index contributed by atoms with van der Waals surface area (Å²) < 4.78 is 39.7. The van der Waals surface area contributed by atoms with E-state index < -0.39 is 38.4 Å². The molecule has 0 aliphatic carbocycles. The number of aromatic nitrogens is 4. The summed E-state index contributed by atoms with van der Waals surface area (Å²) in [6, 6.07) is 25.8. The summed E-state index contributed by atoms with van der Waals surface area (Å²) in [5.74, 6) is 0.724. The zero-order chi connectivity index (χ0) is 41.8. The van der Waals surface area contributed by atoms with Crippen LogP contribution < -0.4 is 48.7 Å². The van der Waals surface area contributed by atoms with E-state index in [4.69, 9.17) is 33.0 Å². The van der Waals surface area contributed by atoms with Crippen molar-refractivity contribution in [3.8, 4) is 34.8 Å². The van der Waals surface area contributed by atoms with E-state index in [-0.39, 0.29) is 56.3 Å². The molecule has 2 unspecified atom stereocenters. The van der Waals surface area contributed by atoms with Crippen LogP contribution in [0.5, 0.6) is 34.8 Å². The number of carbonyl (C=O) groups excluding carboxylic acids is 1. The predicted molar refractivity (Wildman–Crippen MR) is 217 cm³/mol. The number of hydrogen-bond donors (Lipinski definition) is 3. The first kappa shape index (κ1) is 46.8. The zero-order valence-electron chi connectivity index (χ0n) is 33.6. The van der Waals surface area contributed by atoms with Gasteiger partial charge in [0.25, 0.3) is 0 Å². The van der Waals surface area contributed by atoms with E-state index in [1.165, 1.54) is 31.0 Å². The fourth-order valence-corrected chi connectivity index (χ4v) is 6.51. The number of carboxylic acids is 1. The number of aliphatic carboxylic acids is 1. The number of benzene rings is 4. The SMILES string of the molecule is CCOC(=O)CC1OB(O)c2cc(Oc3cnccn3)cc(OCc3ccccc3)c21.O=C(O)CC1OB(O)c2cc(Oc3cnccn3)cc(OCc3ccccc3)c21.[Li+].[OH-]. The summed E-state index contributed by atoms with van der Waals surface area (Å²) in [5.41, 5.74) is 3.89. The van der Waals surface area contributed by atoms with Gasteiger partial charge in [-0.15, -0.1) is 0 Å². The monoisotopic (exact) mass is 836 g/mol. The van der Waals surface area contributed by atoms with E-state index >= 15 is 0 Å². The van der Waals surface area contributed by atoms with Crippen LogP contribution in [0.15, 0.2) is 122 Å². The molecule has 0 saturated carbocycles. The molecule has 2 aromatic heterocycles. The van der Waals surface area contributed by atoms with E-state index in [2.05, 4.69) is 19.9 Å². The molecule has 20 heteroatoms. The summed E-state index contributed by atoms with van der Waals surface area (Å²) >= 11 is 0. The Hall–Kier alpha value is -6.29. The molecule has 0 bridgehead atoms. The average Bonchev–Trinajstić information content (AvgIpc) is 3.74. The molecular formula is C42H39B2LiN4O13. The van der Waals surface area contributed by atoms with Gasteiger partial charge in [-0.25, -0.2) is 9.97 Å². The standard InChI is InChI=1S/C22H21BN2O6.C20H17BN2O6.Li.H2O/c1-2-28-21(26)12-19-22-17(23(27)31-19)10-16(30-20-13-24-8-9-25-20)11-18(22)29-14-15-6-4-3-5-7-15;24-19(25)10-17-20-15(21(26)29-17)8-14(28-18-11-22-6-7-23-18)9-16(20)27-12-13-4-2-1-3-5-13;;/h3-11,13,19,27H,2,12,14H2,1H3;1-9,11,17,26H,10,12H2,(H,24,25);;1H2/q;;+1;/p-1. The molecule has 17 nitrogen and oxygen atoms in total. The molecule has 2 atom stereocenters. The van der Waals surface area contributed by atoms with Crippen LogP contribution in [0.4, 0.5) is 0 Å². The van der Waals surface area contributed by atoms with Crippen LogP contribution in [0.1, 0.15) is 54.2 Å². The summed E-state index contributed by atoms with van der Waals surface area (Å²) in [5, 5.41) is 30.0.